The highest BCUT2D eigenvalue weighted by atomic mass is 15.3. The fourth-order valence-electron chi connectivity index (χ4n) is 4.30. The molecule has 0 atom stereocenters. The van der Waals surface area contributed by atoms with E-state index < -0.39 is 0 Å². The van der Waals surface area contributed by atoms with Gasteiger partial charge in [-0.1, -0.05) is 6.92 Å². The van der Waals surface area contributed by atoms with Crippen LogP contribution in [0.25, 0.3) is 0 Å². The van der Waals surface area contributed by atoms with Gasteiger partial charge in [-0.2, -0.15) is 0 Å². The number of nitrogens with zero attached hydrogens (tertiary/aromatic N) is 3. The third-order valence-corrected chi connectivity index (χ3v) is 5.04. The third-order valence-electron chi connectivity index (χ3n) is 5.04. The molecule has 0 radical (unpaired) electrons. The minimum atomic E-state index is 1.08. The average Bonchev–Trinajstić information content (AvgIpc) is 2.88. The van der Waals surface area contributed by atoms with Crippen molar-refractivity contribution in [2.24, 2.45) is 0 Å². The molecule has 0 bridgehead atoms. The van der Waals surface area contributed by atoms with Crippen LogP contribution in [0.15, 0.2) is 0 Å². The maximum Gasteiger partial charge on any atom is 0.105 e. The van der Waals surface area contributed by atoms with Crippen LogP contribution in [0.2, 0.25) is 0 Å². The lowest BCUT2D eigenvalue weighted by atomic mass is 9.87. The summed E-state index contributed by atoms with van der Waals surface area (Å²) >= 11 is 0. The Hall–Kier alpha value is -0.900. The molecule has 3 heteroatoms. The van der Waals surface area contributed by atoms with Crippen LogP contribution < -0.4 is 0 Å². The normalized spacial score (nSPS) is 20.1. The van der Waals surface area contributed by atoms with Gasteiger partial charge in [0.1, 0.15) is 13.1 Å². The van der Waals surface area contributed by atoms with Crippen LogP contribution in [-0.2, 0) is 39.1 Å². The number of quaternary nitrogens is 1. The van der Waals surface area contributed by atoms with Crippen LogP contribution in [-0.4, -0.2) is 49.5 Å². The minimum absolute atomic E-state index is 1.08. The molecular formula is C18H30N3+. The van der Waals surface area contributed by atoms with E-state index >= 15 is 0 Å². The van der Waals surface area contributed by atoms with Gasteiger partial charge in [0, 0.05) is 30.8 Å². The maximum atomic E-state index is 2.47. The summed E-state index contributed by atoms with van der Waals surface area (Å²) in [6, 6.07) is 0. The van der Waals surface area contributed by atoms with Gasteiger partial charge in [0.15, 0.2) is 0 Å². The fraction of sp³-hybridized carbons (Fsp3) is 0.667. The molecule has 0 aliphatic carbocycles. The maximum absolute atomic E-state index is 2.47. The van der Waals surface area contributed by atoms with Crippen molar-refractivity contribution < 1.29 is 4.48 Å². The van der Waals surface area contributed by atoms with Crippen molar-refractivity contribution in [1.29, 1.82) is 0 Å². The average molecular weight is 288 g/mol. The lowest BCUT2D eigenvalue weighted by molar-refractivity contribution is -0.910. The lowest BCUT2D eigenvalue weighted by Gasteiger charge is -2.23. The molecule has 2 heterocycles. The van der Waals surface area contributed by atoms with Gasteiger partial charge >= 0.3 is 0 Å². The van der Waals surface area contributed by atoms with E-state index in [9.17, 15) is 0 Å². The van der Waals surface area contributed by atoms with Crippen molar-refractivity contribution >= 4 is 0 Å². The van der Waals surface area contributed by atoms with E-state index in [4.69, 9.17) is 0 Å². The van der Waals surface area contributed by atoms with Crippen molar-refractivity contribution in [2.75, 3.05) is 35.2 Å². The first kappa shape index (κ1) is 15.0. The second-order valence-corrected chi connectivity index (χ2v) is 7.89. The van der Waals surface area contributed by atoms with Crippen molar-refractivity contribution in [3.8, 4) is 0 Å². The molecule has 0 spiro atoms. The fourth-order valence-corrected chi connectivity index (χ4v) is 4.30. The van der Waals surface area contributed by atoms with Crippen molar-refractivity contribution in [2.45, 2.75) is 46.1 Å². The lowest BCUT2D eigenvalue weighted by Crippen LogP contribution is -2.32. The van der Waals surface area contributed by atoms with Crippen LogP contribution in [0.1, 0.15) is 40.3 Å². The van der Waals surface area contributed by atoms with Gasteiger partial charge in [-0.25, -0.2) is 0 Å². The third kappa shape index (κ3) is 2.52. The Bertz CT molecular complexity index is 573. The Kier molecular flexibility index (Phi) is 3.63. The van der Waals surface area contributed by atoms with Gasteiger partial charge < -0.3 is 9.38 Å². The zero-order valence-corrected chi connectivity index (χ0v) is 14.6. The molecule has 0 saturated heterocycles. The van der Waals surface area contributed by atoms with Crippen molar-refractivity contribution in [3.05, 3.63) is 33.4 Å². The number of fused-ring (bicyclic) bond motifs is 3. The SMILES string of the molecule is CCc1c(CN(C)C)c2c(c3c1C[N+](C)(C)C3)CN(C)C2. The Morgan fingerprint density at radius 1 is 0.952 bits per heavy atom. The summed E-state index contributed by atoms with van der Waals surface area (Å²) in [6.45, 7) is 8.10. The first-order valence-electron chi connectivity index (χ1n) is 8.15. The summed E-state index contributed by atoms with van der Waals surface area (Å²) in [5, 5.41) is 0. The largest absolute Gasteiger partial charge is 0.321 e. The highest BCUT2D eigenvalue weighted by Crippen LogP contribution is 2.40. The molecule has 0 N–H and O–H groups in total. The first-order valence-corrected chi connectivity index (χ1v) is 8.15. The summed E-state index contributed by atoms with van der Waals surface area (Å²) in [6.07, 6.45) is 1.17. The molecule has 2 aliphatic heterocycles. The quantitative estimate of drug-likeness (QED) is 0.788. The second-order valence-electron chi connectivity index (χ2n) is 7.89. The molecule has 1 aromatic rings. The Balaban J connectivity index is 2.21. The van der Waals surface area contributed by atoms with E-state index in [1.165, 1.54) is 19.5 Å². The molecule has 0 unspecified atom stereocenters. The van der Waals surface area contributed by atoms with Crippen LogP contribution in [0.3, 0.4) is 0 Å². The molecule has 116 valence electrons. The molecular weight excluding hydrogens is 258 g/mol. The van der Waals surface area contributed by atoms with E-state index in [1.807, 2.05) is 0 Å². The standard InChI is InChI=1S/C18H30N3/c1-7-13-14(8-19(2)3)15-9-20(4)10-16(15)18-12-21(5,6)11-17(13)18/h7-12H2,1-6H3/q+1. The van der Waals surface area contributed by atoms with Crippen LogP contribution >= 0.6 is 0 Å². The number of rotatable bonds is 3. The Morgan fingerprint density at radius 2 is 1.57 bits per heavy atom. The molecule has 0 fully saturated rings. The summed E-state index contributed by atoms with van der Waals surface area (Å²) in [7, 11) is 11.4. The van der Waals surface area contributed by atoms with Gasteiger partial charge in [-0.15, -0.1) is 0 Å². The van der Waals surface area contributed by atoms with Crippen LogP contribution in [0.5, 0.6) is 0 Å². The van der Waals surface area contributed by atoms with E-state index in [-0.39, 0.29) is 0 Å². The van der Waals surface area contributed by atoms with Crippen LogP contribution in [0, 0.1) is 0 Å². The van der Waals surface area contributed by atoms with E-state index in [0.717, 1.165) is 24.1 Å². The van der Waals surface area contributed by atoms with E-state index in [0.29, 0.717) is 0 Å². The number of hydrogen-bond donors (Lipinski definition) is 0. The van der Waals surface area contributed by atoms with Crippen molar-refractivity contribution in [1.82, 2.24) is 9.80 Å². The predicted octanol–water partition coefficient (Wildman–Crippen LogP) is 2.35. The predicted molar refractivity (Wildman–Crippen MR) is 87.9 cm³/mol. The van der Waals surface area contributed by atoms with Gasteiger partial charge in [0.25, 0.3) is 0 Å². The number of benzene rings is 1. The molecule has 3 rings (SSSR count). The zero-order chi connectivity index (χ0) is 15.4. The highest BCUT2D eigenvalue weighted by molar-refractivity contribution is 5.54. The molecule has 21 heavy (non-hydrogen) atoms. The number of hydrogen-bond acceptors (Lipinski definition) is 2. The van der Waals surface area contributed by atoms with Gasteiger partial charge in [0.2, 0.25) is 0 Å². The van der Waals surface area contributed by atoms with Crippen LogP contribution in [0.4, 0.5) is 0 Å². The summed E-state index contributed by atoms with van der Waals surface area (Å²) in [5.74, 6) is 0. The van der Waals surface area contributed by atoms with Gasteiger partial charge in [0.05, 0.1) is 14.1 Å². The first-order chi connectivity index (χ1) is 9.82. The molecule has 1 aromatic carbocycles. The molecule has 3 nitrogen and oxygen atoms in total. The van der Waals surface area contributed by atoms with Gasteiger partial charge in [-0.3, -0.25) is 4.90 Å². The topological polar surface area (TPSA) is 6.48 Å². The Morgan fingerprint density at radius 3 is 2.19 bits per heavy atom. The monoisotopic (exact) mass is 288 g/mol. The second kappa shape index (κ2) is 5.08. The van der Waals surface area contributed by atoms with Gasteiger partial charge in [-0.05, 0) is 49.8 Å². The van der Waals surface area contributed by atoms with E-state index in [2.05, 4.69) is 52.0 Å². The summed E-state index contributed by atoms with van der Waals surface area (Å²) < 4.78 is 1.11. The smallest absolute Gasteiger partial charge is 0.105 e. The van der Waals surface area contributed by atoms with Crippen molar-refractivity contribution in [3.63, 3.8) is 0 Å². The molecule has 2 aliphatic rings. The molecule has 0 saturated carbocycles. The molecule has 0 aromatic heterocycles. The minimum Gasteiger partial charge on any atom is -0.321 e. The zero-order valence-electron chi connectivity index (χ0n) is 14.6. The summed E-state index contributed by atoms with van der Waals surface area (Å²) in [4.78, 5) is 4.80. The molecule has 0 amide bonds. The van der Waals surface area contributed by atoms with E-state index in [1.54, 1.807) is 33.4 Å². The highest BCUT2D eigenvalue weighted by Gasteiger charge is 2.37. The summed E-state index contributed by atoms with van der Waals surface area (Å²) in [5.41, 5.74) is 9.93. The Labute approximate surface area is 129 Å².